The summed E-state index contributed by atoms with van der Waals surface area (Å²) in [6, 6.07) is 0. The van der Waals surface area contributed by atoms with Gasteiger partial charge in [-0.2, -0.15) is 0 Å². The van der Waals surface area contributed by atoms with E-state index >= 15 is 0 Å². The second-order valence-electron chi connectivity index (χ2n) is 5.12. The Balaban J connectivity index is 0.00000144. The van der Waals surface area contributed by atoms with Crippen LogP contribution < -0.4 is 0 Å². The molecule has 2 rings (SSSR count). The number of likely N-dealkylation sites (tertiary alicyclic amines) is 2. The molecule has 2 aliphatic rings. The van der Waals surface area contributed by atoms with E-state index in [1.165, 1.54) is 32.2 Å². The normalized spacial score (nSPS) is 26.4. The van der Waals surface area contributed by atoms with Gasteiger partial charge in [-0.3, -0.25) is 4.79 Å². The zero-order chi connectivity index (χ0) is 11.4. The minimum Gasteiger partial charge on any atom is -0.342 e. The molecule has 0 saturated carbocycles. The maximum absolute atomic E-state index is 12.3. The first-order valence-electron chi connectivity index (χ1n) is 6.82. The molecule has 0 aliphatic carbocycles. The van der Waals surface area contributed by atoms with Gasteiger partial charge in [-0.15, -0.1) is 17.0 Å². The fourth-order valence-electron chi connectivity index (χ4n) is 2.92. The molecule has 4 heteroatoms. The van der Waals surface area contributed by atoms with Crippen LogP contribution in [-0.2, 0) is 4.79 Å². The van der Waals surface area contributed by atoms with E-state index in [2.05, 4.69) is 16.7 Å². The van der Waals surface area contributed by atoms with Crippen molar-refractivity contribution in [2.24, 2.45) is 5.92 Å². The van der Waals surface area contributed by atoms with Crippen LogP contribution in [0.4, 0.5) is 0 Å². The van der Waals surface area contributed by atoms with Crippen molar-refractivity contribution in [3.8, 4) is 0 Å². The summed E-state index contributed by atoms with van der Waals surface area (Å²) in [5.74, 6) is 0.713. The molecule has 0 N–H and O–H groups in total. The molecule has 2 fully saturated rings. The average Bonchev–Trinajstić information content (AvgIpc) is 2.39. The molecular formula is C13H25BrN2O. The van der Waals surface area contributed by atoms with E-state index < -0.39 is 0 Å². The maximum atomic E-state index is 12.3. The van der Waals surface area contributed by atoms with E-state index in [1.54, 1.807) is 0 Å². The molecule has 0 radical (unpaired) electrons. The highest BCUT2D eigenvalue weighted by atomic mass is 79.9. The molecule has 2 heterocycles. The Kier molecular flexibility index (Phi) is 6.49. The van der Waals surface area contributed by atoms with E-state index in [0.29, 0.717) is 5.91 Å². The van der Waals surface area contributed by atoms with Crippen molar-refractivity contribution < 1.29 is 4.79 Å². The van der Waals surface area contributed by atoms with E-state index in [4.69, 9.17) is 0 Å². The summed E-state index contributed by atoms with van der Waals surface area (Å²) in [4.78, 5) is 16.8. The summed E-state index contributed by atoms with van der Waals surface area (Å²) in [6.07, 6.45) is 6.01. The third kappa shape index (κ3) is 3.95. The highest BCUT2D eigenvalue weighted by Gasteiger charge is 2.29. The molecule has 1 unspecified atom stereocenters. The second-order valence-corrected chi connectivity index (χ2v) is 5.12. The van der Waals surface area contributed by atoms with Gasteiger partial charge in [0, 0.05) is 19.6 Å². The quantitative estimate of drug-likeness (QED) is 0.781. The fourth-order valence-corrected chi connectivity index (χ4v) is 2.92. The first-order valence-corrected chi connectivity index (χ1v) is 6.82. The molecular weight excluding hydrogens is 280 g/mol. The van der Waals surface area contributed by atoms with Crippen molar-refractivity contribution in [1.29, 1.82) is 0 Å². The Hall–Kier alpha value is -0.0900. The van der Waals surface area contributed by atoms with Gasteiger partial charge in [-0.25, -0.2) is 0 Å². The minimum absolute atomic E-state index is 0. The van der Waals surface area contributed by atoms with Gasteiger partial charge in [0.05, 0.1) is 5.92 Å². The summed E-state index contributed by atoms with van der Waals surface area (Å²) in [6.45, 7) is 7.45. The number of carbonyl (C=O) groups is 1. The van der Waals surface area contributed by atoms with Gasteiger partial charge in [0.25, 0.3) is 0 Å². The van der Waals surface area contributed by atoms with Gasteiger partial charge < -0.3 is 9.80 Å². The molecule has 17 heavy (non-hydrogen) atoms. The predicted octanol–water partition coefficient (Wildman–Crippen LogP) is 2.31. The third-order valence-electron chi connectivity index (χ3n) is 3.97. The summed E-state index contributed by atoms with van der Waals surface area (Å²) >= 11 is 0. The first kappa shape index (κ1) is 15.0. The Morgan fingerprint density at radius 3 is 2.47 bits per heavy atom. The van der Waals surface area contributed by atoms with Crippen molar-refractivity contribution in [2.75, 3.05) is 32.7 Å². The maximum Gasteiger partial charge on any atom is 0.226 e. The van der Waals surface area contributed by atoms with Crippen molar-refractivity contribution in [2.45, 2.75) is 39.0 Å². The van der Waals surface area contributed by atoms with Crippen LogP contribution in [0.25, 0.3) is 0 Å². The molecule has 2 saturated heterocycles. The lowest BCUT2D eigenvalue weighted by molar-refractivity contribution is -0.138. The van der Waals surface area contributed by atoms with Crippen molar-refractivity contribution in [3.63, 3.8) is 0 Å². The van der Waals surface area contributed by atoms with Crippen molar-refractivity contribution in [3.05, 3.63) is 0 Å². The lowest BCUT2D eigenvalue weighted by atomic mass is 9.95. The fraction of sp³-hybridized carbons (Fsp3) is 0.923. The molecule has 0 aromatic rings. The lowest BCUT2D eigenvalue weighted by Gasteiger charge is -2.35. The van der Waals surface area contributed by atoms with Crippen molar-refractivity contribution >= 4 is 22.9 Å². The van der Waals surface area contributed by atoms with Crippen LogP contribution in [0.15, 0.2) is 0 Å². The molecule has 1 amide bonds. The topological polar surface area (TPSA) is 23.6 Å². The van der Waals surface area contributed by atoms with Gasteiger partial charge in [0.1, 0.15) is 0 Å². The Morgan fingerprint density at radius 2 is 1.82 bits per heavy atom. The number of hydrogen-bond donors (Lipinski definition) is 0. The van der Waals surface area contributed by atoms with E-state index in [9.17, 15) is 4.79 Å². The molecule has 0 bridgehead atoms. The summed E-state index contributed by atoms with van der Waals surface area (Å²) < 4.78 is 0. The summed E-state index contributed by atoms with van der Waals surface area (Å²) in [7, 11) is 0. The Morgan fingerprint density at radius 1 is 1.12 bits per heavy atom. The average molecular weight is 305 g/mol. The number of amides is 1. The number of piperidine rings is 2. The van der Waals surface area contributed by atoms with Crippen LogP contribution in [0, 0.1) is 5.92 Å². The molecule has 2 aliphatic heterocycles. The molecule has 3 nitrogen and oxygen atoms in total. The second kappa shape index (κ2) is 7.37. The molecule has 0 spiro atoms. The lowest BCUT2D eigenvalue weighted by Crippen LogP contribution is -2.46. The van der Waals surface area contributed by atoms with Crippen LogP contribution >= 0.6 is 17.0 Å². The van der Waals surface area contributed by atoms with Crippen LogP contribution in [0.2, 0.25) is 0 Å². The third-order valence-corrected chi connectivity index (χ3v) is 3.97. The molecule has 100 valence electrons. The monoisotopic (exact) mass is 304 g/mol. The van der Waals surface area contributed by atoms with Crippen LogP contribution in [0.5, 0.6) is 0 Å². The van der Waals surface area contributed by atoms with E-state index in [-0.39, 0.29) is 22.9 Å². The number of halogens is 1. The van der Waals surface area contributed by atoms with Gasteiger partial charge in [-0.05, 0) is 45.2 Å². The standard InChI is InChI=1S/C13H24N2O.BrH/c1-2-14-8-6-7-12(11-14)13(16)15-9-4-3-5-10-15;/h12H,2-11H2,1H3;1H. The van der Waals surface area contributed by atoms with Crippen molar-refractivity contribution in [1.82, 2.24) is 9.80 Å². The van der Waals surface area contributed by atoms with Gasteiger partial charge >= 0.3 is 0 Å². The van der Waals surface area contributed by atoms with E-state index in [1.807, 2.05) is 0 Å². The van der Waals surface area contributed by atoms with E-state index in [0.717, 1.165) is 32.6 Å². The first-order chi connectivity index (χ1) is 7.81. The highest BCUT2D eigenvalue weighted by molar-refractivity contribution is 8.93. The van der Waals surface area contributed by atoms with Crippen LogP contribution in [0.1, 0.15) is 39.0 Å². The predicted molar refractivity (Wildman–Crippen MR) is 75.6 cm³/mol. The minimum atomic E-state index is 0. The SMILES string of the molecule is Br.CCN1CCCC(C(=O)N2CCCCC2)C1. The van der Waals surface area contributed by atoms with Gasteiger partial charge in [0.15, 0.2) is 0 Å². The number of nitrogens with zero attached hydrogens (tertiary/aromatic N) is 2. The summed E-state index contributed by atoms with van der Waals surface area (Å²) in [5.41, 5.74) is 0. The van der Waals surface area contributed by atoms with Gasteiger partial charge in [-0.1, -0.05) is 6.92 Å². The Bertz CT molecular complexity index is 242. The summed E-state index contributed by atoms with van der Waals surface area (Å²) in [5, 5.41) is 0. The number of rotatable bonds is 2. The van der Waals surface area contributed by atoms with Crippen LogP contribution in [-0.4, -0.2) is 48.4 Å². The smallest absolute Gasteiger partial charge is 0.226 e. The van der Waals surface area contributed by atoms with Gasteiger partial charge in [0.2, 0.25) is 5.91 Å². The number of carbonyl (C=O) groups excluding carboxylic acids is 1. The molecule has 0 aromatic heterocycles. The largest absolute Gasteiger partial charge is 0.342 e. The highest BCUT2D eigenvalue weighted by Crippen LogP contribution is 2.20. The number of hydrogen-bond acceptors (Lipinski definition) is 2. The Labute approximate surface area is 115 Å². The molecule has 0 aromatic carbocycles. The zero-order valence-corrected chi connectivity index (χ0v) is 12.6. The van der Waals surface area contributed by atoms with Crippen LogP contribution in [0.3, 0.4) is 0 Å². The zero-order valence-electron chi connectivity index (χ0n) is 10.9. The molecule has 1 atom stereocenters.